The average Bonchev–Trinajstić information content (AvgIpc) is 3.27. The van der Waals surface area contributed by atoms with Crippen molar-refractivity contribution in [3.63, 3.8) is 0 Å². The molecule has 3 aromatic rings. The Balaban J connectivity index is 1.60. The summed E-state index contributed by atoms with van der Waals surface area (Å²) in [4.78, 5) is 6.43. The minimum Gasteiger partial charge on any atom is -0.510 e. The molecule has 2 heterocycles. The second kappa shape index (κ2) is 6.96. The predicted octanol–water partition coefficient (Wildman–Crippen LogP) is 5.27. The van der Waals surface area contributed by atoms with Crippen molar-refractivity contribution in [3.05, 3.63) is 82.1 Å². The molecule has 2 N–H and O–H groups in total. The molecule has 1 atom stereocenters. The van der Waals surface area contributed by atoms with E-state index in [9.17, 15) is 9.50 Å². The van der Waals surface area contributed by atoms with Gasteiger partial charge in [0.25, 0.3) is 0 Å². The van der Waals surface area contributed by atoms with Crippen LogP contribution in [0.4, 0.5) is 4.39 Å². The Morgan fingerprint density at radius 2 is 1.85 bits per heavy atom. The topological polar surface area (TPSA) is 60.2 Å². The van der Waals surface area contributed by atoms with Crippen molar-refractivity contribution in [2.75, 3.05) is 6.54 Å². The molecule has 0 fully saturated rings. The van der Waals surface area contributed by atoms with Crippen molar-refractivity contribution in [2.24, 2.45) is 0 Å². The van der Waals surface area contributed by atoms with Crippen LogP contribution in [0.5, 0.6) is 0 Å². The van der Waals surface area contributed by atoms with E-state index in [1.54, 1.807) is 12.1 Å². The second-order valence-corrected chi connectivity index (χ2v) is 7.29. The molecular weight excluding hydrogens is 361 g/mol. The zero-order valence-electron chi connectivity index (χ0n) is 14.7. The van der Waals surface area contributed by atoms with Crippen LogP contribution in [0.2, 0.25) is 0 Å². The lowest BCUT2D eigenvalue weighted by atomic mass is 10.1. The lowest BCUT2D eigenvalue weighted by molar-refractivity contribution is 0.310. The summed E-state index contributed by atoms with van der Waals surface area (Å²) in [6.07, 6.45) is 0. The molecule has 136 valence electrons. The highest BCUT2D eigenvalue weighted by Crippen LogP contribution is 2.35. The molecule has 0 unspecified atom stereocenters. The van der Waals surface area contributed by atoms with Crippen LogP contribution in [0.25, 0.3) is 16.8 Å². The van der Waals surface area contributed by atoms with E-state index >= 15 is 0 Å². The molecule has 6 heteroatoms. The third-order valence-corrected chi connectivity index (χ3v) is 5.60. The summed E-state index contributed by atoms with van der Waals surface area (Å²) in [5.41, 5.74) is 3.06. The highest BCUT2D eigenvalue weighted by Gasteiger charge is 2.33. The maximum atomic E-state index is 13.1. The number of nitrogens with one attached hydrogen (secondary N) is 1. The zero-order valence-corrected chi connectivity index (χ0v) is 15.5. The number of thiazole rings is 1. The van der Waals surface area contributed by atoms with Crippen LogP contribution in [-0.4, -0.2) is 27.4 Å². The summed E-state index contributed by atoms with van der Waals surface area (Å²) in [6.45, 7) is 2.31. The first-order valence-electron chi connectivity index (χ1n) is 8.59. The minimum atomic E-state index is -0.294. The fraction of sp³-hybridized carbons (Fsp3) is 0.143. The summed E-state index contributed by atoms with van der Waals surface area (Å²) in [7, 11) is 0. The fourth-order valence-electron chi connectivity index (χ4n) is 3.21. The summed E-state index contributed by atoms with van der Waals surface area (Å²) in [5.74, 6) is 0.129. The van der Waals surface area contributed by atoms with Gasteiger partial charge >= 0.3 is 0 Å². The molecule has 4 rings (SSSR count). The molecule has 0 radical (unpaired) electrons. The van der Waals surface area contributed by atoms with Crippen LogP contribution in [0.1, 0.15) is 23.5 Å². The molecule has 4 nitrogen and oxygen atoms in total. The standard InChI is InChI=1S/C21H18FN3OS/c1-13(14-5-3-2-4-6-14)25-11-18(26)19(20(25)23)21-24-17(12-27-21)15-7-9-16(22)10-8-15/h2-10,12-13,23,26H,11H2,1H3/t13-/m1/s1. The SMILES string of the molecule is C[C@H](c1ccccc1)N1CC(O)=C(c2nc(-c3ccc(F)cc3)cs2)C1=N. The number of aliphatic hydroxyl groups is 1. The maximum absolute atomic E-state index is 13.1. The monoisotopic (exact) mass is 379 g/mol. The van der Waals surface area contributed by atoms with Gasteiger partial charge in [-0.25, -0.2) is 9.37 Å². The number of benzene rings is 2. The Hall–Kier alpha value is -2.99. The summed E-state index contributed by atoms with van der Waals surface area (Å²) in [5, 5.41) is 21.5. The van der Waals surface area contributed by atoms with E-state index in [0.29, 0.717) is 16.3 Å². The van der Waals surface area contributed by atoms with Crippen molar-refractivity contribution in [3.8, 4) is 11.3 Å². The lowest BCUT2D eigenvalue weighted by Gasteiger charge is -2.26. The number of hydrogen-bond acceptors (Lipinski definition) is 4. The third-order valence-electron chi connectivity index (χ3n) is 4.74. The molecule has 0 spiro atoms. The zero-order chi connectivity index (χ0) is 19.0. The highest BCUT2D eigenvalue weighted by molar-refractivity contribution is 7.11. The van der Waals surface area contributed by atoms with Crippen LogP contribution >= 0.6 is 11.3 Å². The first-order chi connectivity index (χ1) is 13.0. The number of aromatic nitrogens is 1. The van der Waals surface area contributed by atoms with Gasteiger partial charge in [-0.05, 0) is 36.8 Å². The normalized spacial score (nSPS) is 15.5. The van der Waals surface area contributed by atoms with E-state index in [2.05, 4.69) is 4.98 Å². The van der Waals surface area contributed by atoms with Gasteiger partial charge in [-0.3, -0.25) is 5.41 Å². The van der Waals surface area contributed by atoms with E-state index in [-0.39, 0.29) is 30.0 Å². The molecule has 0 amide bonds. The van der Waals surface area contributed by atoms with Crippen LogP contribution in [0.3, 0.4) is 0 Å². The van der Waals surface area contributed by atoms with Crippen molar-refractivity contribution in [2.45, 2.75) is 13.0 Å². The van der Waals surface area contributed by atoms with Crippen molar-refractivity contribution < 1.29 is 9.50 Å². The smallest absolute Gasteiger partial charge is 0.135 e. The van der Waals surface area contributed by atoms with Crippen molar-refractivity contribution >= 4 is 22.7 Å². The molecule has 27 heavy (non-hydrogen) atoms. The molecule has 1 aliphatic heterocycles. The summed E-state index contributed by atoms with van der Waals surface area (Å²) in [6, 6.07) is 16.0. The largest absolute Gasteiger partial charge is 0.510 e. The first kappa shape index (κ1) is 17.4. The quantitative estimate of drug-likeness (QED) is 0.649. The molecule has 1 aliphatic rings. The Kier molecular flexibility index (Phi) is 4.49. The van der Waals surface area contributed by atoms with E-state index < -0.39 is 0 Å². The summed E-state index contributed by atoms with van der Waals surface area (Å²) < 4.78 is 13.1. The van der Waals surface area contributed by atoms with Gasteiger partial charge in [0.2, 0.25) is 0 Å². The molecule has 0 bridgehead atoms. The number of hydrogen-bond donors (Lipinski definition) is 2. The Morgan fingerprint density at radius 3 is 2.56 bits per heavy atom. The van der Waals surface area contributed by atoms with E-state index in [4.69, 9.17) is 5.41 Å². The van der Waals surface area contributed by atoms with Gasteiger partial charge < -0.3 is 10.0 Å². The van der Waals surface area contributed by atoms with E-state index in [0.717, 1.165) is 11.1 Å². The van der Waals surface area contributed by atoms with Crippen molar-refractivity contribution in [1.29, 1.82) is 5.41 Å². The Morgan fingerprint density at radius 1 is 1.15 bits per heavy atom. The molecule has 0 aliphatic carbocycles. The lowest BCUT2D eigenvalue weighted by Crippen LogP contribution is -2.29. The molecule has 1 aromatic heterocycles. The van der Waals surface area contributed by atoms with Crippen molar-refractivity contribution in [1.82, 2.24) is 9.88 Å². The number of amidine groups is 1. The van der Waals surface area contributed by atoms with Gasteiger partial charge in [0, 0.05) is 10.9 Å². The number of rotatable bonds is 4. The second-order valence-electron chi connectivity index (χ2n) is 6.43. The Bertz CT molecular complexity index is 1010. The molecular formula is C21H18FN3OS. The molecule has 2 aromatic carbocycles. The Labute approximate surface area is 160 Å². The van der Waals surface area contributed by atoms with Crippen LogP contribution < -0.4 is 0 Å². The maximum Gasteiger partial charge on any atom is 0.135 e. The van der Waals surface area contributed by atoms with Gasteiger partial charge in [-0.15, -0.1) is 11.3 Å². The fourth-order valence-corrected chi connectivity index (χ4v) is 4.10. The van der Waals surface area contributed by atoms with Crippen LogP contribution in [0.15, 0.2) is 65.7 Å². The number of aliphatic hydroxyl groups excluding tert-OH is 1. The van der Waals surface area contributed by atoms with Gasteiger partial charge in [0.1, 0.15) is 22.4 Å². The average molecular weight is 379 g/mol. The summed E-state index contributed by atoms with van der Waals surface area (Å²) >= 11 is 1.37. The van der Waals surface area contributed by atoms with E-state index in [1.807, 2.05) is 47.5 Å². The van der Waals surface area contributed by atoms with E-state index in [1.165, 1.54) is 23.5 Å². The van der Waals surface area contributed by atoms with Gasteiger partial charge in [-0.2, -0.15) is 0 Å². The molecule has 0 saturated heterocycles. The van der Waals surface area contributed by atoms with Gasteiger partial charge in [0.15, 0.2) is 0 Å². The van der Waals surface area contributed by atoms with Gasteiger partial charge in [0.05, 0.1) is 23.9 Å². The highest BCUT2D eigenvalue weighted by atomic mass is 32.1. The predicted molar refractivity (Wildman–Crippen MR) is 106 cm³/mol. The van der Waals surface area contributed by atoms with Gasteiger partial charge in [-0.1, -0.05) is 30.3 Å². The molecule has 0 saturated carbocycles. The number of nitrogens with zero attached hydrogens (tertiary/aromatic N) is 2. The van der Waals surface area contributed by atoms with Crippen LogP contribution in [-0.2, 0) is 0 Å². The number of halogens is 1. The minimum absolute atomic E-state index is 0.0325. The first-order valence-corrected chi connectivity index (χ1v) is 9.47. The third kappa shape index (κ3) is 3.24. The van der Waals surface area contributed by atoms with Crippen LogP contribution in [0, 0.1) is 11.2 Å².